The summed E-state index contributed by atoms with van der Waals surface area (Å²) in [6.07, 6.45) is 15.1. The van der Waals surface area contributed by atoms with Crippen LogP contribution in [0.15, 0.2) is 48.5 Å². The van der Waals surface area contributed by atoms with Crippen molar-refractivity contribution < 1.29 is 19.0 Å². The fourth-order valence-corrected chi connectivity index (χ4v) is 4.47. The van der Waals surface area contributed by atoms with E-state index in [1.54, 1.807) is 18.2 Å². The molecule has 0 fully saturated rings. The second-order valence-electron chi connectivity index (χ2n) is 9.70. The average molecular weight is 497 g/mol. The molecule has 2 rings (SSSR count). The SMILES string of the molecule is CCCCCCCCCCCC(CCC)Oc1ccccc1OC(=O)c1ccc(C(C)OCC)cc1. The predicted molar refractivity (Wildman–Crippen MR) is 149 cm³/mol. The van der Waals surface area contributed by atoms with Gasteiger partial charge in [0, 0.05) is 6.61 Å². The molecular formula is C32H48O4. The molecule has 0 saturated heterocycles. The average Bonchev–Trinajstić information content (AvgIpc) is 2.89. The van der Waals surface area contributed by atoms with E-state index in [0.717, 1.165) is 24.8 Å². The van der Waals surface area contributed by atoms with Crippen molar-refractivity contribution in [3.63, 3.8) is 0 Å². The van der Waals surface area contributed by atoms with Crippen LogP contribution >= 0.6 is 0 Å². The maximum Gasteiger partial charge on any atom is 0.343 e. The Hall–Kier alpha value is -2.33. The van der Waals surface area contributed by atoms with Crippen molar-refractivity contribution >= 4 is 5.97 Å². The van der Waals surface area contributed by atoms with Gasteiger partial charge in [0.25, 0.3) is 0 Å². The quantitative estimate of drug-likeness (QED) is 0.110. The first-order valence-corrected chi connectivity index (χ1v) is 14.3. The lowest BCUT2D eigenvalue weighted by molar-refractivity contribution is 0.0717. The number of carbonyl (C=O) groups excluding carboxylic acids is 1. The number of unbranched alkanes of at least 4 members (excludes halogenated alkanes) is 8. The molecule has 0 bridgehead atoms. The highest BCUT2D eigenvalue weighted by Crippen LogP contribution is 2.30. The fraction of sp³-hybridized carbons (Fsp3) is 0.594. The first-order valence-electron chi connectivity index (χ1n) is 14.3. The monoisotopic (exact) mass is 496 g/mol. The van der Waals surface area contributed by atoms with Crippen LogP contribution in [0.3, 0.4) is 0 Å². The van der Waals surface area contributed by atoms with Gasteiger partial charge in [-0.25, -0.2) is 4.79 Å². The number of carbonyl (C=O) groups is 1. The largest absolute Gasteiger partial charge is 0.487 e. The van der Waals surface area contributed by atoms with Crippen LogP contribution < -0.4 is 9.47 Å². The second-order valence-corrected chi connectivity index (χ2v) is 9.70. The molecule has 0 aliphatic rings. The molecule has 0 amide bonds. The van der Waals surface area contributed by atoms with Crippen LogP contribution in [-0.4, -0.2) is 18.7 Å². The first kappa shape index (κ1) is 29.9. The molecule has 0 spiro atoms. The van der Waals surface area contributed by atoms with E-state index in [-0.39, 0.29) is 18.2 Å². The van der Waals surface area contributed by atoms with Gasteiger partial charge in [-0.15, -0.1) is 0 Å². The number of esters is 1. The highest BCUT2D eigenvalue weighted by Gasteiger charge is 2.16. The molecule has 0 radical (unpaired) electrons. The van der Waals surface area contributed by atoms with Crippen LogP contribution in [0.4, 0.5) is 0 Å². The summed E-state index contributed by atoms with van der Waals surface area (Å²) in [7, 11) is 0. The summed E-state index contributed by atoms with van der Waals surface area (Å²) < 4.78 is 17.8. The Kier molecular flexibility index (Phi) is 14.9. The summed E-state index contributed by atoms with van der Waals surface area (Å²) in [5.74, 6) is 0.733. The van der Waals surface area contributed by atoms with Crippen LogP contribution in [0, 0.1) is 0 Å². The summed E-state index contributed by atoms with van der Waals surface area (Å²) in [5.41, 5.74) is 1.55. The van der Waals surface area contributed by atoms with E-state index >= 15 is 0 Å². The third-order valence-electron chi connectivity index (χ3n) is 6.62. The Labute approximate surface area is 219 Å². The van der Waals surface area contributed by atoms with Crippen LogP contribution in [-0.2, 0) is 4.74 Å². The number of ether oxygens (including phenoxy) is 3. The standard InChI is InChI=1S/C32H48O4/c1-5-8-9-10-11-12-13-14-15-19-29(18-6-2)35-30-20-16-17-21-31(30)36-32(33)28-24-22-27(23-25-28)26(4)34-7-3/h16-17,20-26,29H,5-15,18-19H2,1-4H3. The van der Waals surface area contributed by atoms with E-state index in [0.29, 0.717) is 23.7 Å². The Bertz CT molecular complexity index is 845. The Morgan fingerprint density at radius 3 is 1.94 bits per heavy atom. The van der Waals surface area contributed by atoms with Crippen molar-refractivity contribution in [2.45, 2.75) is 117 Å². The van der Waals surface area contributed by atoms with Gasteiger partial charge in [0.2, 0.25) is 0 Å². The predicted octanol–water partition coefficient (Wildman–Crippen LogP) is 9.47. The normalized spacial score (nSPS) is 12.8. The number of para-hydroxylation sites is 2. The van der Waals surface area contributed by atoms with E-state index in [1.807, 2.05) is 44.2 Å². The van der Waals surface area contributed by atoms with Gasteiger partial charge in [0.15, 0.2) is 11.5 Å². The van der Waals surface area contributed by atoms with E-state index < -0.39 is 0 Å². The molecule has 0 heterocycles. The molecule has 0 aliphatic carbocycles. The minimum atomic E-state index is -0.382. The van der Waals surface area contributed by atoms with E-state index in [9.17, 15) is 4.79 Å². The summed E-state index contributed by atoms with van der Waals surface area (Å²) in [5, 5.41) is 0. The van der Waals surface area contributed by atoms with Crippen molar-refractivity contribution in [3.05, 3.63) is 59.7 Å². The lowest BCUT2D eigenvalue weighted by Crippen LogP contribution is -2.17. The Morgan fingerprint density at radius 2 is 1.33 bits per heavy atom. The Morgan fingerprint density at radius 1 is 0.722 bits per heavy atom. The van der Waals surface area contributed by atoms with Crippen molar-refractivity contribution in [3.8, 4) is 11.5 Å². The third kappa shape index (κ3) is 11.2. The smallest absolute Gasteiger partial charge is 0.343 e. The summed E-state index contributed by atoms with van der Waals surface area (Å²) >= 11 is 0. The van der Waals surface area contributed by atoms with Gasteiger partial charge in [-0.1, -0.05) is 95.9 Å². The topological polar surface area (TPSA) is 44.8 Å². The minimum absolute atomic E-state index is 0.00418. The van der Waals surface area contributed by atoms with Crippen molar-refractivity contribution in [2.75, 3.05) is 6.61 Å². The number of rotatable bonds is 19. The van der Waals surface area contributed by atoms with Crippen molar-refractivity contribution in [1.82, 2.24) is 0 Å². The summed E-state index contributed by atoms with van der Waals surface area (Å²) in [4.78, 5) is 12.8. The van der Waals surface area contributed by atoms with Gasteiger partial charge in [-0.2, -0.15) is 0 Å². The zero-order valence-electron chi connectivity index (χ0n) is 23.1. The molecule has 2 atom stereocenters. The van der Waals surface area contributed by atoms with Crippen LogP contribution in [0.2, 0.25) is 0 Å². The lowest BCUT2D eigenvalue weighted by atomic mass is 10.0. The fourth-order valence-electron chi connectivity index (χ4n) is 4.47. The molecule has 200 valence electrons. The minimum Gasteiger partial charge on any atom is -0.487 e. The van der Waals surface area contributed by atoms with Gasteiger partial charge in [0.05, 0.1) is 17.8 Å². The number of benzene rings is 2. The number of hydrogen-bond acceptors (Lipinski definition) is 4. The van der Waals surface area contributed by atoms with Crippen LogP contribution in [0.1, 0.15) is 127 Å². The molecule has 2 aromatic rings. The van der Waals surface area contributed by atoms with Crippen molar-refractivity contribution in [2.24, 2.45) is 0 Å². The summed E-state index contributed by atoms with van der Waals surface area (Å²) in [6, 6.07) is 14.9. The molecule has 2 aromatic carbocycles. The lowest BCUT2D eigenvalue weighted by Gasteiger charge is -2.20. The molecule has 2 unspecified atom stereocenters. The van der Waals surface area contributed by atoms with Gasteiger partial charge in [-0.05, 0) is 62.9 Å². The highest BCUT2D eigenvalue weighted by atomic mass is 16.6. The molecule has 0 N–H and O–H groups in total. The van der Waals surface area contributed by atoms with Gasteiger partial charge in [0.1, 0.15) is 0 Å². The molecule has 4 heteroatoms. The maximum atomic E-state index is 12.8. The van der Waals surface area contributed by atoms with Gasteiger partial charge >= 0.3 is 5.97 Å². The number of hydrogen-bond donors (Lipinski definition) is 0. The molecule has 4 nitrogen and oxygen atoms in total. The molecule has 0 saturated carbocycles. The summed E-state index contributed by atoms with van der Waals surface area (Å²) in [6.45, 7) is 9.09. The van der Waals surface area contributed by atoms with Crippen molar-refractivity contribution in [1.29, 1.82) is 0 Å². The third-order valence-corrected chi connectivity index (χ3v) is 6.62. The van der Waals surface area contributed by atoms with E-state index in [2.05, 4.69) is 13.8 Å². The molecule has 0 aromatic heterocycles. The van der Waals surface area contributed by atoms with Crippen LogP contribution in [0.5, 0.6) is 11.5 Å². The van der Waals surface area contributed by atoms with E-state index in [4.69, 9.17) is 14.2 Å². The van der Waals surface area contributed by atoms with Gasteiger partial charge < -0.3 is 14.2 Å². The van der Waals surface area contributed by atoms with Gasteiger partial charge in [-0.3, -0.25) is 0 Å². The molecular weight excluding hydrogens is 448 g/mol. The molecule has 0 aliphatic heterocycles. The maximum absolute atomic E-state index is 12.8. The van der Waals surface area contributed by atoms with Crippen LogP contribution in [0.25, 0.3) is 0 Å². The first-order chi connectivity index (χ1) is 17.6. The second kappa shape index (κ2) is 18.0. The highest BCUT2D eigenvalue weighted by molar-refractivity contribution is 5.91. The Balaban J connectivity index is 1.87. The molecule has 36 heavy (non-hydrogen) atoms. The van der Waals surface area contributed by atoms with E-state index in [1.165, 1.54) is 57.8 Å². The zero-order chi connectivity index (χ0) is 26.0. The zero-order valence-corrected chi connectivity index (χ0v) is 23.1.